The quantitative estimate of drug-likeness (QED) is 0.723. The van der Waals surface area contributed by atoms with Crippen LogP contribution in [0.1, 0.15) is 17.2 Å². The topological polar surface area (TPSA) is 75.3 Å². The van der Waals surface area contributed by atoms with Crippen molar-refractivity contribution in [3.63, 3.8) is 0 Å². The summed E-state index contributed by atoms with van der Waals surface area (Å²) in [6.45, 7) is 2.06. The monoisotopic (exact) mass is 244 g/mol. The molecule has 4 nitrogen and oxygen atoms in total. The molecule has 0 radical (unpaired) electrons. The zero-order valence-electron chi connectivity index (χ0n) is 9.14. The summed E-state index contributed by atoms with van der Waals surface area (Å²) in [6.07, 6.45) is -0.679. The van der Waals surface area contributed by atoms with E-state index in [0.29, 0.717) is 0 Å². The van der Waals surface area contributed by atoms with Crippen LogP contribution in [-0.2, 0) is 4.79 Å². The van der Waals surface area contributed by atoms with E-state index in [1.807, 2.05) is 31.2 Å². The van der Waals surface area contributed by atoms with Crippen LogP contribution in [-0.4, -0.2) is 24.1 Å². The molecule has 0 spiro atoms. The molecular formula is C11H17ClN2O2. The fourth-order valence-corrected chi connectivity index (χ4v) is 1.35. The fourth-order valence-electron chi connectivity index (χ4n) is 1.35. The smallest absolute Gasteiger partial charge is 0.233 e. The first-order chi connectivity index (χ1) is 7.15. The molecule has 16 heavy (non-hydrogen) atoms. The molecule has 1 rings (SSSR count). The summed E-state index contributed by atoms with van der Waals surface area (Å²) in [5.74, 6) is -0.261. The van der Waals surface area contributed by atoms with Crippen LogP contribution in [0.25, 0.3) is 0 Å². The van der Waals surface area contributed by atoms with E-state index in [-0.39, 0.29) is 31.4 Å². The molecule has 0 saturated carbocycles. The Balaban J connectivity index is 0.00000225. The van der Waals surface area contributed by atoms with Crippen molar-refractivity contribution in [2.45, 2.75) is 13.0 Å². The lowest BCUT2D eigenvalue weighted by Gasteiger charge is -2.13. The van der Waals surface area contributed by atoms with Gasteiger partial charge < -0.3 is 16.2 Å². The number of hydrogen-bond acceptors (Lipinski definition) is 3. The van der Waals surface area contributed by atoms with E-state index in [9.17, 15) is 9.90 Å². The van der Waals surface area contributed by atoms with Crippen molar-refractivity contribution in [3.8, 4) is 0 Å². The predicted molar refractivity (Wildman–Crippen MR) is 65.5 cm³/mol. The molecule has 4 N–H and O–H groups in total. The number of halogens is 1. The summed E-state index contributed by atoms with van der Waals surface area (Å²) in [6, 6.07) is 7.53. The lowest BCUT2D eigenvalue weighted by atomic mass is 10.0. The SMILES string of the molecule is Cc1ccccc1C(O)CNC(=O)CN.Cl. The molecule has 0 aromatic heterocycles. The highest BCUT2D eigenvalue weighted by Gasteiger charge is 2.10. The van der Waals surface area contributed by atoms with E-state index in [2.05, 4.69) is 5.32 Å². The molecule has 0 aliphatic heterocycles. The van der Waals surface area contributed by atoms with Gasteiger partial charge in [-0.3, -0.25) is 4.79 Å². The number of aliphatic hydroxyl groups excluding tert-OH is 1. The average molecular weight is 245 g/mol. The van der Waals surface area contributed by atoms with Crippen molar-refractivity contribution in [2.75, 3.05) is 13.1 Å². The molecule has 1 aromatic carbocycles. The van der Waals surface area contributed by atoms with Crippen LogP contribution >= 0.6 is 12.4 Å². The number of hydrogen-bond donors (Lipinski definition) is 3. The Morgan fingerprint density at radius 2 is 2.12 bits per heavy atom. The second kappa shape index (κ2) is 7.22. The van der Waals surface area contributed by atoms with Crippen molar-refractivity contribution in [1.29, 1.82) is 0 Å². The largest absolute Gasteiger partial charge is 0.387 e. The Bertz CT molecular complexity index is 345. The van der Waals surface area contributed by atoms with Crippen LogP contribution < -0.4 is 11.1 Å². The Kier molecular flexibility index (Phi) is 6.72. The second-order valence-electron chi connectivity index (χ2n) is 3.38. The van der Waals surface area contributed by atoms with E-state index in [1.165, 1.54) is 0 Å². The highest BCUT2D eigenvalue weighted by molar-refractivity contribution is 5.85. The van der Waals surface area contributed by atoms with Gasteiger partial charge in [-0.25, -0.2) is 0 Å². The van der Waals surface area contributed by atoms with Gasteiger partial charge in [-0.15, -0.1) is 12.4 Å². The molecule has 0 aliphatic carbocycles. The normalized spacial score (nSPS) is 11.4. The lowest BCUT2D eigenvalue weighted by Crippen LogP contribution is -2.33. The zero-order valence-corrected chi connectivity index (χ0v) is 9.96. The summed E-state index contributed by atoms with van der Waals surface area (Å²) in [4.78, 5) is 10.9. The van der Waals surface area contributed by atoms with Crippen molar-refractivity contribution in [1.82, 2.24) is 5.32 Å². The van der Waals surface area contributed by atoms with Gasteiger partial charge in [0, 0.05) is 6.54 Å². The number of nitrogens with one attached hydrogen (secondary N) is 1. The van der Waals surface area contributed by atoms with Crippen molar-refractivity contribution >= 4 is 18.3 Å². The van der Waals surface area contributed by atoms with Gasteiger partial charge in [0.15, 0.2) is 0 Å². The van der Waals surface area contributed by atoms with Crippen molar-refractivity contribution < 1.29 is 9.90 Å². The summed E-state index contributed by atoms with van der Waals surface area (Å²) in [5, 5.41) is 12.3. The number of aryl methyl sites for hydroxylation is 1. The molecule has 1 amide bonds. The van der Waals surface area contributed by atoms with Crippen LogP contribution in [0, 0.1) is 6.92 Å². The maximum absolute atomic E-state index is 10.9. The number of benzene rings is 1. The van der Waals surface area contributed by atoms with E-state index in [4.69, 9.17) is 5.73 Å². The highest BCUT2D eigenvalue weighted by atomic mass is 35.5. The van der Waals surface area contributed by atoms with Gasteiger partial charge in [-0.1, -0.05) is 24.3 Å². The molecule has 1 unspecified atom stereocenters. The number of aliphatic hydroxyl groups is 1. The lowest BCUT2D eigenvalue weighted by molar-refractivity contribution is -0.120. The van der Waals surface area contributed by atoms with Gasteiger partial charge in [0.25, 0.3) is 0 Å². The van der Waals surface area contributed by atoms with E-state index in [1.54, 1.807) is 0 Å². The molecule has 0 fully saturated rings. The maximum atomic E-state index is 10.9. The van der Waals surface area contributed by atoms with Crippen LogP contribution in [0.3, 0.4) is 0 Å². The van der Waals surface area contributed by atoms with Crippen LogP contribution in [0.2, 0.25) is 0 Å². The summed E-state index contributed by atoms with van der Waals surface area (Å²) in [7, 11) is 0. The summed E-state index contributed by atoms with van der Waals surface area (Å²) in [5.41, 5.74) is 6.97. The highest BCUT2D eigenvalue weighted by Crippen LogP contribution is 2.15. The minimum absolute atomic E-state index is 0. The first kappa shape index (κ1) is 14.9. The summed E-state index contributed by atoms with van der Waals surface area (Å²) < 4.78 is 0. The first-order valence-corrected chi connectivity index (χ1v) is 4.85. The third-order valence-corrected chi connectivity index (χ3v) is 2.23. The Morgan fingerprint density at radius 1 is 1.50 bits per heavy atom. The summed E-state index contributed by atoms with van der Waals surface area (Å²) >= 11 is 0. The van der Waals surface area contributed by atoms with Gasteiger partial charge in [0.05, 0.1) is 12.6 Å². The second-order valence-corrected chi connectivity index (χ2v) is 3.38. The molecule has 90 valence electrons. The molecular weight excluding hydrogens is 228 g/mol. The van der Waals surface area contributed by atoms with Crippen molar-refractivity contribution in [2.24, 2.45) is 5.73 Å². The number of carbonyl (C=O) groups excluding carboxylic acids is 1. The van der Waals surface area contributed by atoms with Gasteiger partial charge in [-0.2, -0.15) is 0 Å². The van der Waals surface area contributed by atoms with Crippen molar-refractivity contribution in [3.05, 3.63) is 35.4 Å². The number of carbonyl (C=O) groups is 1. The molecule has 1 aromatic rings. The third-order valence-electron chi connectivity index (χ3n) is 2.23. The minimum atomic E-state index is -0.679. The Hall–Kier alpha value is -1.10. The van der Waals surface area contributed by atoms with E-state index < -0.39 is 6.10 Å². The number of rotatable bonds is 4. The Labute approximate surface area is 101 Å². The van der Waals surface area contributed by atoms with E-state index >= 15 is 0 Å². The first-order valence-electron chi connectivity index (χ1n) is 4.85. The zero-order chi connectivity index (χ0) is 11.3. The molecule has 1 atom stereocenters. The maximum Gasteiger partial charge on any atom is 0.233 e. The average Bonchev–Trinajstić information content (AvgIpc) is 2.26. The fraction of sp³-hybridized carbons (Fsp3) is 0.364. The molecule has 0 saturated heterocycles. The molecule has 0 aliphatic rings. The third kappa shape index (κ3) is 4.18. The number of nitrogens with two attached hydrogens (primary N) is 1. The minimum Gasteiger partial charge on any atom is -0.387 e. The van der Waals surface area contributed by atoms with Gasteiger partial charge in [0.2, 0.25) is 5.91 Å². The standard InChI is InChI=1S/C11H16N2O2.ClH/c1-8-4-2-3-5-9(8)10(14)7-13-11(15)6-12;/h2-5,10,14H,6-7,12H2,1H3,(H,13,15);1H. The predicted octanol–water partition coefficient (Wildman–Crippen LogP) is 0.525. The van der Waals surface area contributed by atoms with Crippen LogP contribution in [0.15, 0.2) is 24.3 Å². The van der Waals surface area contributed by atoms with Gasteiger partial charge in [-0.05, 0) is 18.1 Å². The molecule has 0 bridgehead atoms. The van der Waals surface area contributed by atoms with Crippen LogP contribution in [0.4, 0.5) is 0 Å². The molecule has 5 heteroatoms. The van der Waals surface area contributed by atoms with E-state index in [0.717, 1.165) is 11.1 Å². The number of amides is 1. The van der Waals surface area contributed by atoms with Gasteiger partial charge in [0.1, 0.15) is 0 Å². The van der Waals surface area contributed by atoms with Gasteiger partial charge >= 0.3 is 0 Å². The molecule has 0 heterocycles. The van der Waals surface area contributed by atoms with Crippen LogP contribution in [0.5, 0.6) is 0 Å². The Morgan fingerprint density at radius 3 is 2.69 bits per heavy atom.